The molecule has 0 amide bonds. The van der Waals surface area contributed by atoms with Crippen molar-refractivity contribution in [3.8, 4) is 0 Å². The number of ether oxygens (including phenoxy) is 1. The van der Waals surface area contributed by atoms with Crippen molar-refractivity contribution in [1.82, 2.24) is 0 Å². The molecule has 0 heterocycles. The molecule has 0 saturated heterocycles. The first kappa shape index (κ1) is 17.4. The average molecular weight is 351 g/mol. The second-order valence-electron chi connectivity index (χ2n) is 5.78. The Morgan fingerprint density at radius 3 is 1.40 bits per heavy atom. The molecule has 0 bridgehead atoms. The predicted molar refractivity (Wildman–Crippen MR) is 107 cm³/mol. The Hall–Kier alpha value is -2.44. The fourth-order valence-electron chi connectivity index (χ4n) is 3.17. The number of hydrogen-bond acceptors (Lipinski definition) is 2. The minimum Gasteiger partial charge on any atom is -0.463 e. The van der Waals surface area contributed by atoms with Crippen LogP contribution in [0.25, 0.3) is 0 Å². The number of rotatable bonds is 6. The number of esters is 1. The molecular formula is C22H22O2P+. The van der Waals surface area contributed by atoms with E-state index in [2.05, 4.69) is 36.4 Å². The molecule has 0 radical (unpaired) electrons. The van der Waals surface area contributed by atoms with Gasteiger partial charge in [0, 0.05) is 0 Å². The summed E-state index contributed by atoms with van der Waals surface area (Å²) in [5.74, 6) is -0.146. The van der Waals surface area contributed by atoms with Crippen LogP contribution in [-0.2, 0) is 9.53 Å². The summed E-state index contributed by atoms with van der Waals surface area (Å²) < 4.78 is 5.35. The zero-order valence-electron chi connectivity index (χ0n) is 14.3. The number of carbonyl (C=O) groups is 1. The summed E-state index contributed by atoms with van der Waals surface area (Å²) in [6, 6.07) is 31.1. The lowest BCUT2D eigenvalue weighted by molar-refractivity contribution is -0.139. The molecule has 3 aromatic rings. The molecule has 0 aliphatic heterocycles. The van der Waals surface area contributed by atoms with Gasteiger partial charge in [-0.2, -0.15) is 0 Å². The zero-order valence-corrected chi connectivity index (χ0v) is 15.2. The van der Waals surface area contributed by atoms with Gasteiger partial charge in [0.25, 0.3) is 0 Å². The van der Waals surface area contributed by atoms with Crippen LogP contribution in [-0.4, -0.2) is 18.7 Å². The van der Waals surface area contributed by atoms with Gasteiger partial charge in [0.05, 0.1) is 6.61 Å². The Labute approximate surface area is 149 Å². The Kier molecular flexibility index (Phi) is 5.63. The predicted octanol–water partition coefficient (Wildman–Crippen LogP) is 3.54. The smallest absolute Gasteiger partial charge is 0.345 e. The van der Waals surface area contributed by atoms with E-state index in [1.165, 1.54) is 15.9 Å². The van der Waals surface area contributed by atoms with E-state index in [1.807, 2.05) is 61.5 Å². The summed E-state index contributed by atoms with van der Waals surface area (Å²) in [5, 5.41) is 3.58. The van der Waals surface area contributed by atoms with Crippen LogP contribution in [0.4, 0.5) is 0 Å². The van der Waals surface area contributed by atoms with E-state index < -0.39 is 7.26 Å². The molecule has 3 aromatic carbocycles. The third kappa shape index (κ3) is 3.65. The van der Waals surface area contributed by atoms with Crippen LogP contribution < -0.4 is 15.9 Å². The summed E-state index contributed by atoms with van der Waals surface area (Å²) in [6.45, 7) is 2.25. The van der Waals surface area contributed by atoms with Crippen molar-refractivity contribution in [2.75, 3.05) is 12.8 Å². The van der Waals surface area contributed by atoms with E-state index in [-0.39, 0.29) is 5.97 Å². The summed E-state index contributed by atoms with van der Waals surface area (Å²) in [7, 11) is -2.11. The lowest BCUT2D eigenvalue weighted by Crippen LogP contribution is -2.36. The van der Waals surface area contributed by atoms with Crippen molar-refractivity contribution >= 4 is 29.1 Å². The summed E-state index contributed by atoms with van der Waals surface area (Å²) in [6.07, 6.45) is 0.374. The lowest BCUT2D eigenvalue weighted by Gasteiger charge is -2.26. The van der Waals surface area contributed by atoms with Crippen molar-refractivity contribution in [3.63, 3.8) is 0 Å². The molecule has 0 fully saturated rings. The van der Waals surface area contributed by atoms with Gasteiger partial charge in [0.1, 0.15) is 23.2 Å². The van der Waals surface area contributed by atoms with Crippen molar-refractivity contribution in [1.29, 1.82) is 0 Å². The highest BCUT2D eigenvalue weighted by Crippen LogP contribution is 2.55. The summed E-state index contributed by atoms with van der Waals surface area (Å²) in [5.41, 5.74) is 0. The average Bonchev–Trinajstić information content (AvgIpc) is 2.68. The molecule has 0 aliphatic carbocycles. The van der Waals surface area contributed by atoms with Gasteiger partial charge in [0.2, 0.25) is 0 Å². The van der Waals surface area contributed by atoms with Crippen LogP contribution in [0.2, 0.25) is 0 Å². The van der Waals surface area contributed by atoms with Gasteiger partial charge in [-0.05, 0) is 43.3 Å². The molecule has 0 spiro atoms. The minimum absolute atomic E-state index is 0.146. The van der Waals surface area contributed by atoms with E-state index in [1.54, 1.807) is 0 Å². The molecule has 0 aliphatic rings. The Bertz CT molecular complexity index is 705. The first-order valence-corrected chi connectivity index (χ1v) is 10.5. The Morgan fingerprint density at radius 2 is 1.08 bits per heavy atom. The maximum atomic E-state index is 12.6. The topological polar surface area (TPSA) is 26.3 Å². The van der Waals surface area contributed by atoms with E-state index in [0.29, 0.717) is 12.8 Å². The van der Waals surface area contributed by atoms with Gasteiger partial charge in [-0.1, -0.05) is 54.6 Å². The highest BCUT2D eigenvalue weighted by atomic mass is 31.2. The molecule has 0 unspecified atom stereocenters. The van der Waals surface area contributed by atoms with Crippen LogP contribution in [0.3, 0.4) is 0 Å². The summed E-state index contributed by atoms with van der Waals surface area (Å²) in [4.78, 5) is 12.6. The van der Waals surface area contributed by atoms with Gasteiger partial charge in [-0.3, -0.25) is 0 Å². The Balaban J connectivity index is 2.26. The SMILES string of the molecule is [13CH3][13CH2]OC(=O)C[P+](c1ccccc1)(c1ccccc1)c1ccccc1. The minimum atomic E-state index is -2.11. The molecule has 3 rings (SSSR count). The second-order valence-corrected chi connectivity index (χ2v) is 9.26. The monoisotopic (exact) mass is 351 g/mol. The van der Waals surface area contributed by atoms with Gasteiger partial charge in [-0.15, -0.1) is 0 Å². The van der Waals surface area contributed by atoms with E-state index in [0.717, 1.165) is 0 Å². The molecule has 3 heteroatoms. The molecule has 126 valence electrons. The maximum Gasteiger partial charge on any atom is 0.345 e. The first-order valence-electron chi connectivity index (χ1n) is 8.48. The third-order valence-electron chi connectivity index (χ3n) is 4.26. The molecule has 0 atom stereocenters. The first-order chi connectivity index (χ1) is 12.3. The third-order valence-corrected chi connectivity index (χ3v) is 8.53. The zero-order chi connectivity index (χ0) is 17.5. The molecule has 25 heavy (non-hydrogen) atoms. The number of hydrogen-bond donors (Lipinski definition) is 0. The van der Waals surface area contributed by atoms with Crippen LogP contribution in [0.15, 0.2) is 91.0 Å². The highest BCUT2D eigenvalue weighted by Gasteiger charge is 2.47. The second kappa shape index (κ2) is 8.09. The van der Waals surface area contributed by atoms with Crippen molar-refractivity contribution in [2.45, 2.75) is 6.92 Å². The van der Waals surface area contributed by atoms with E-state index in [9.17, 15) is 4.79 Å². The molecular weight excluding hydrogens is 329 g/mol. The summed E-state index contributed by atoms with van der Waals surface area (Å²) >= 11 is 0. The Morgan fingerprint density at radius 1 is 0.720 bits per heavy atom. The molecule has 2 nitrogen and oxygen atoms in total. The van der Waals surface area contributed by atoms with E-state index >= 15 is 0 Å². The number of carbonyl (C=O) groups excluding carboxylic acids is 1. The highest BCUT2D eigenvalue weighted by molar-refractivity contribution is 7.96. The molecule has 0 N–H and O–H groups in total. The molecule has 0 saturated carbocycles. The van der Waals surface area contributed by atoms with Gasteiger partial charge >= 0.3 is 5.97 Å². The van der Waals surface area contributed by atoms with Crippen molar-refractivity contribution in [2.24, 2.45) is 0 Å². The fourth-order valence-corrected chi connectivity index (χ4v) is 7.13. The van der Waals surface area contributed by atoms with Gasteiger partial charge in [0.15, 0.2) is 6.16 Å². The van der Waals surface area contributed by atoms with E-state index in [4.69, 9.17) is 4.74 Å². The van der Waals surface area contributed by atoms with Crippen molar-refractivity contribution < 1.29 is 9.53 Å². The molecule has 0 aromatic heterocycles. The van der Waals surface area contributed by atoms with Crippen LogP contribution >= 0.6 is 7.26 Å². The van der Waals surface area contributed by atoms with Gasteiger partial charge in [-0.25, -0.2) is 4.79 Å². The van der Waals surface area contributed by atoms with Crippen molar-refractivity contribution in [3.05, 3.63) is 91.0 Å². The largest absolute Gasteiger partial charge is 0.463 e. The fraction of sp³-hybridized carbons (Fsp3) is 0.136. The number of benzene rings is 3. The quantitative estimate of drug-likeness (QED) is 0.386. The lowest BCUT2D eigenvalue weighted by atomic mass is 10.4. The van der Waals surface area contributed by atoms with Gasteiger partial charge < -0.3 is 4.74 Å². The maximum absolute atomic E-state index is 12.6. The van der Waals surface area contributed by atoms with Crippen LogP contribution in [0, 0.1) is 0 Å². The van der Waals surface area contributed by atoms with Crippen LogP contribution in [0.1, 0.15) is 6.92 Å². The standard InChI is InChI=1S/C22H22O2P/c1-2-24-22(23)18-25(19-12-6-3-7-13-19,20-14-8-4-9-15-20)21-16-10-5-11-17-21/h3-17H,2,18H2,1H3/q+1/i1+1,2+1. The van der Waals surface area contributed by atoms with Crippen LogP contribution in [0.5, 0.6) is 0 Å². The normalized spacial score (nSPS) is 11.1.